The van der Waals surface area contributed by atoms with E-state index in [1.165, 1.54) is 23.8 Å². The monoisotopic (exact) mass is 483 g/mol. The van der Waals surface area contributed by atoms with Gasteiger partial charge >= 0.3 is 0 Å². The van der Waals surface area contributed by atoms with Crippen molar-refractivity contribution in [1.82, 2.24) is 25.3 Å². The Kier molecular flexibility index (Phi) is 6.27. The Morgan fingerprint density at radius 3 is 2.75 bits per heavy atom. The summed E-state index contributed by atoms with van der Waals surface area (Å²) in [6, 6.07) is 4.09. The molecule has 0 unspecified atom stereocenters. The maximum absolute atomic E-state index is 5.60. The molecule has 0 spiro atoms. The minimum atomic E-state index is 0.0680. The Balaban J connectivity index is 1.36. The summed E-state index contributed by atoms with van der Waals surface area (Å²) in [6.07, 6.45) is 14.6. The number of pyridine rings is 2. The topological polar surface area (TPSA) is 88.1 Å². The summed E-state index contributed by atoms with van der Waals surface area (Å²) in [6.45, 7) is 5.92. The van der Waals surface area contributed by atoms with Crippen molar-refractivity contribution in [2.45, 2.75) is 44.6 Å². The van der Waals surface area contributed by atoms with Crippen molar-refractivity contribution >= 4 is 22.5 Å². The van der Waals surface area contributed by atoms with Crippen LogP contribution in [-0.4, -0.2) is 59.3 Å². The van der Waals surface area contributed by atoms with Crippen LogP contribution in [0, 0.1) is 0 Å². The Morgan fingerprint density at radius 1 is 1.11 bits per heavy atom. The highest BCUT2D eigenvalue weighted by Crippen LogP contribution is 2.44. The normalized spacial score (nSPS) is 19.0. The lowest BCUT2D eigenvalue weighted by molar-refractivity contribution is 0.294. The lowest BCUT2D eigenvalue weighted by Gasteiger charge is -2.30. The number of hydrogen-bond donors (Lipinski definition) is 2. The van der Waals surface area contributed by atoms with E-state index in [4.69, 9.17) is 14.7 Å². The highest BCUT2D eigenvalue weighted by Gasteiger charge is 2.29. The molecule has 36 heavy (non-hydrogen) atoms. The van der Waals surface area contributed by atoms with E-state index < -0.39 is 0 Å². The summed E-state index contributed by atoms with van der Waals surface area (Å²) in [7, 11) is 1.73. The van der Waals surface area contributed by atoms with E-state index in [-0.39, 0.29) is 6.04 Å². The highest BCUT2D eigenvalue weighted by atomic mass is 16.5. The zero-order chi connectivity index (χ0) is 24.5. The highest BCUT2D eigenvalue weighted by molar-refractivity contribution is 5.94. The van der Waals surface area contributed by atoms with Gasteiger partial charge < -0.3 is 20.3 Å². The zero-order valence-electron chi connectivity index (χ0n) is 21.0. The number of ether oxygens (including phenoxy) is 1. The van der Waals surface area contributed by atoms with Crippen LogP contribution in [-0.2, 0) is 4.74 Å². The first kappa shape index (κ1) is 22.9. The molecule has 0 bridgehead atoms. The number of hydrogen-bond acceptors (Lipinski definition) is 8. The second-order valence-electron chi connectivity index (χ2n) is 9.81. The molecule has 3 aromatic rings. The summed E-state index contributed by atoms with van der Waals surface area (Å²) in [5, 5.41) is 8.17. The summed E-state index contributed by atoms with van der Waals surface area (Å²) in [5.41, 5.74) is 4.31. The number of allylic oxidation sites excluding steroid dienone is 2. The third-order valence-corrected chi connectivity index (χ3v) is 7.26. The van der Waals surface area contributed by atoms with Crippen LogP contribution < -0.4 is 15.5 Å². The van der Waals surface area contributed by atoms with Crippen LogP contribution in [0.25, 0.3) is 22.3 Å². The number of aromatic nitrogens is 4. The Bertz CT molecular complexity index is 1320. The second kappa shape index (κ2) is 9.85. The number of methoxy groups -OCH3 is 1. The molecule has 8 nitrogen and oxygen atoms in total. The van der Waals surface area contributed by atoms with Crippen LogP contribution >= 0.6 is 0 Å². The summed E-state index contributed by atoms with van der Waals surface area (Å²) >= 11 is 0. The lowest BCUT2D eigenvalue weighted by atomic mass is 9.99. The maximum Gasteiger partial charge on any atom is 0.162 e. The summed E-state index contributed by atoms with van der Waals surface area (Å²) in [4.78, 5) is 21.7. The fourth-order valence-corrected chi connectivity index (χ4v) is 5.24. The molecule has 186 valence electrons. The Hall–Kier alpha value is -3.52. The average molecular weight is 484 g/mol. The van der Waals surface area contributed by atoms with E-state index in [1.54, 1.807) is 7.11 Å². The maximum atomic E-state index is 5.60. The van der Waals surface area contributed by atoms with Crippen molar-refractivity contribution in [3.05, 3.63) is 59.8 Å². The van der Waals surface area contributed by atoms with Crippen LogP contribution in [0.5, 0.6) is 0 Å². The van der Waals surface area contributed by atoms with Gasteiger partial charge in [0.2, 0.25) is 0 Å². The van der Waals surface area contributed by atoms with Gasteiger partial charge in [0.1, 0.15) is 17.4 Å². The van der Waals surface area contributed by atoms with E-state index in [9.17, 15) is 0 Å². The smallest absolute Gasteiger partial charge is 0.162 e. The van der Waals surface area contributed by atoms with Gasteiger partial charge in [0.15, 0.2) is 5.82 Å². The Morgan fingerprint density at radius 2 is 1.94 bits per heavy atom. The Labute approximate surface area is 211 Å². The van der Waals surface area contributed by atoms with E-state index >= 15 is 0 Å². The van der Waals surface area contributed by atoms with Crippen LogP contribution in [0.3, 0.4) is 0 Å². The number of anilines is 2. The lowest BCUT2D eigenvalue weighted by Crippen LogP contribution is -2.44. The van der Waals surface area contributed by atoms with Gasteiger partial charge in [-0.1, -0.05) is 6.08 Å². The predicted molar refractivity (Wildman–Crippen MR) is 143 cm³/mol. The first-order chi connectivity index (χ1) is 17.7. The van der Waals surface area contributed by atoms with E-state index in [2.05, 4.69) is 44.6 Å². The molecule has 3 aliphatic rings. The molecule has 0 aromatic carbocycles. The molecular weight excluding hydrogens is 450 g/mol. The summed E-state index contributed by atoms with van der Waals surface area (Å²) in [5.74, 6) is 4.05. The van der Waals surface area contributed by atoms with Gasteiger partial charge in [0, 0.05) is 55.1 Å². The molecule has 1 aliphatic heterocycles. The second-order valence-corrected chi connectivity index (χ2v) is 9.81. The molecule has 4 heterocycles. The van der Waals surface area contributed by atoms with Gasteiger partial charge in [-0.15, -0.1) is 0 Å². The van der Waals surface area contributed by atoms with Crippen molar-refractivity contribution in [3.8, 4) is 11.4 Å². The quantitative estimate of drug-likeness (QED) is 0.511. The van der Waals surface area contributed by atoms with Gasteiger partial charge in [-0.05, 0) is 62.3 Å². The number of fused-ring (bicyclic) bond motifs is 1. The van der Waals surface area contributed by atoms with Crippen LogP contribution in [0.4, 0.5) is 11.6 Å². The van der Waals surface area contributed by atoms with Gasteiger partial charge in [0.25, 0.3) is 0 Å². The number of nitrogens with one attached hydrogen (secondary N) is 2. The molecule has 1 saturated carbocycles. The molecule has 2 aliphatic carbocycles. The van der Waals surface area contributed by atoms with Crippen molar-refractivity contribution in [2.75, 3.05) is 43.5 Å². The van der Waals surface area contributed by atoms with E-state index in [0.717, 1.165) is 73.1 Å². The van der Waals surface area contributed by atoms with E-state index in [1.807, 2.05) is 30.7 Å². The molecule has 8 heteroatoms. The van der Waals surface area contributed by atoms with Gasteiger partial charge in [0.05, 0.1) is 24.9 Å². The zero-order valence-corrected chi connectivity index (χ0v) is 21.0. The molecule has 3 aromatic heterocycles. The molecule has 6 rings (SSSR count). The van der Waals surface area contributed by atoms with Crippen molar-refractivity contribution in [3.63, 3.8) is 0 Å². The van der Waals surface area contributed by atoms with Gasteiger partial charge in [-0.25, -0.2) is 15.0 Å². The van der Waals surface area contributed by atoms with Crippen molar-refractivity contribution < 1.29 is 4.74 Å². The molecule has 1 atom stereocenters. The predicted octanol–water partition coefficient (Wildman–Crippen LogP) is 4.42. The standard InChI is InChI=1S/C28H33N7O/c1-18(21-5-3-4-6-24(21)36-2)32-25-15-20(9-10-31-25)27-33-23-17-30-16-22(19-7-8-19)26(23)28(34-27)35-13-11-29-12-14-35/h5-6,9-10,15-19,29H,3-4,7-8,11-14H2,1-2H3,(H,31,32)/t18-/m1/s1. The van der Waals surface area contributed by atoms with Crippen LogP contribution in [0.2, 0.25) is 0 Å². The minimum Gasteiger partial charge on any atom is -0.497 e. The molecule has 1 saturated heterocycles. The van der Waals surface area contributed by atoms with Gasteiger partial charge in [-0.2, -0.15) is 0 Å². The molecule has 2 fully saturated rings. The average Bonchev–Trinajstić information content (AvgIpc) is 3.78. The fourth-order valence-electron chi connectivity index (χ4n) is 5.24. The van der Waals surface area contributed by atoms with E-state index in [0.29, 0.717) is 11.7 Å². The first-order valence-corrected chi connectivity index (χ1v) is 13.0. The summed E-state index contributed by atoms with van der Waals surface area (Å²) < 4.78 is 5.60. The first-order valence-electron chi connectivity index (χ1n) is 13.0. The minimum absolute atomic E-state index is 0.0680. The number of piperazine rings is 1. The molecule has 2 N–H and O–H groups in total. The molecular formula is C28H33N7O. The van der Waals surface area contributed by atoms with Crippen LogP contribution in [0.1, 0.15) is 44.1 Å². The number of nitrogens with zero attached hydrogens (tertiary/aromatic N) is 5. The molecule has 0 amide bonds. The fraction of sp³-hybridized carbons (Fsp3) is 0.429. The molecule has 0 radical (unpaired) electrons. The largest absolute Gasteiger partial charge is 0.497 e. The van der Waals surface area contributed by atoms with Crippen molar-refractivity contribution in [2.24, 2.45) is 0 Å². The third-order valence-electron chi connectivity index (χ3n) is 7.26. The SMILES string of the molecule is COC1=CCCC=C1[C@@H](C)Nc1cc(-c2nc(N3CCNCC3)c3c(C4CC4)cncc3n2)ccn1. The third kappa shape index (κ3) is 4.53. The van der Waals surface area contributed by atoms with Gasteiger partial charge in [-0.3, -0.25) is 4.98 Å². The number of rotatable bonds is 7. The van der Waals surface area contributed by atoms with Crippen LogP contribution in [0.15, 0.2) is 54.2 Å². The van der Waals surface area contributed by atoms with Crippen molar-refractivity contribution in [1.29, 1.82) is 0 Å².